The molecule has 2 aromatic rings. The fourth-order valence-electron chi connectivity index (χ4n) is 1.94. The maximum Gasteiger partial charge on any atom is 0.325 e. The van der Waals surface area contributed by atoms with E-state index in [4.69, 9.17) is 0 Å². The van der Waals surface area contributed by atoms with Gasteiger partial charge in [0.1, 0.15) is 0 Å². The van der Waals surface area contributed by atoms with Gasteiger partial charge < -0.3 is 10.3 Å². The van der Waals surface area contributed by atoms with Crippen LogP contribution in [0.4, 0.5) is 0 Å². The SMILES string of the molecule is C[C@@H](Cc1ccccc1)NCc1cc(=O)[nH]c(=O)[nH]1. The summed E-state index contributed by atoms with van der Waals surface area (Å²) in [6.07, 6.45) is 0.897. The van der Waals surface area contributed by atoms with Gasteiger partial charge in [0.05, 0.1) is 0 Å². The van der Waals surface area contributed by atoms with Gasteiger partial charge in [0.25, 0.3) is 5.56 Å². The van der Waals surface area contributed by atoms with Crippen molar-refractivity contribution >= 4 is 0 Å². The topological polar surface area (TPSA) is 77.8 Å². The molecule has 5 heteroatoms. The largest absolute Gasteiger partial charge is 0.325 e. The van der Waals surface area contributed by atoms with Gasteiger partial charge in [-0.05, 0) is 18.9 Å². The van der Waals surface area contributed by atoms with Crippen LogP contribution in [0.5, 0.6) is 0 Å². The molecule has 0 saturated carbocycles. The van der Waals surface area contributed by atoms with Gasteiger partial charge in [-0.1, -0.05) is 30.3 Å². The average molecular weight is 259 g/mol. The summed E-state index contributed by atoms with van der Waals surface area (Å²) in [7, 11) is 0. The van der Waals surface area contributed by atoms with Gasteiger partial charge in [-0.3, -0.25) is 9.78 Å². The quantitative estimate of drug-likeness (QED) is 0.742. The van der Waals surface area contributed by atoms with Crippen LogP contribution in [0.2, 0.25) is 0 Å². The van der Waals surface area contributed by atoms with Crippen LogP contribution in [0.3, 0.4) is 0 Å². The highest BCUT2D eigenvalue weighted by atomic mass is 16.2. The minimum atomic E-state index is -0.472. The second-order valence-electron chi connectivity index (χ2n) is 4.58. The number of aromatic nitrogens is 2. The Morgan fingerprint density at radius 1 is 1.16 bits per heavy atom. The highest BCUT2D eigenvalue weighted by molar-refractivity contribution is 5.15. The van der Waals surface area contributed by atoms with Gasteiger partial charge in [0.2, 0.25) is 0 Å². The van der Waals surface area contributed by atoms with E-state index in [0.29, 0.717) is 12.2 Å². The van der Waals surface area contributed by atoms with Crippen LogP contribution in [0.25, 0.3) is 0 Å². The molecule has 0 amide bonds. The molecule has 19 heavy (non-hydrogen) atoms. The summed E-state index contributed by atoms with van der Waals surface area (Å²) in [4.78, 5) is 27.0. The van der Waals surface area contributed by atoms with Crippen LogP contribution in [0, 0.1) is 0 Å². The fraction of sp³-hybridized carbons (Fsp3) is 0.286. The van der Waals surface area contributed by atoms with Crippen molar-refractivity contribution in [2.75, 3.05) is 0 Å². The van der Waals surface area contributed by atoms with Crippen molar-refractivity contribution < 1.29 is 0 Å². The van der Waals surface area contributed by atoms with Gasteiger partial charge in [-0.15, -0.1) is 0 Å². The van der Waals surface area contributed by atoms with E-state index in [1.165, 1.54) is 11.6 Å². The molecule has 0 unspecified atom stereocenters. The van der Waals surface area contributed by atoms with E-state index in [9.17, 15) is 9.59 Å². The summed E-state index contributed by atoms with van der Waals surface area (Å²) in [6, 6.07) is 11.8. The molecule has 2 rings (SSSR count). The molecule has 1 aromatic heterocycles. The predicted octanol–water partition coefficient (Wildman–Crippen LogP) is 0.784. The molecule has 100 valence electrons. The molecule has 1 heterocycles. The van der Waals surface area contributed by atoms with Crippen molar-refractivity contribution in [2.24, 2.45) is 0 Å². The summed E-state index contributed by atoms with van der Waals surface area (Å²) in [5, 5.41) is 3.28. The Kier molecular flexibility index (Phi) is 4.30. The Bertz CT molecular complexity index is 603. The lowest BCUT2D eigenvalue weighted by atomic mass is 10.1. The van der Waals surface area contributed by atoms with E-state index < -0.39 is 5.69 Å². The summed E-state index contributed by atoms with van der Waals surface area (Å²) >= 11 is 0. The minimum absolute atomic E-state index is 0.255. The van der Waals surface area contributed by atoms with Gasteiger partial charge in [-0.2, -0.15) is 0 Å². The van der Waals surface area contributed by atoms with Crippen molar-refractivity contribution in [2.45, 2.75) is 25.9 Å². The van der Waals surface area contributed by atoms with Gasteiger partial charge >= 0.3 is 5.69 Å². The minimum Gasteiger partial charge on any atom is -0.310 e. The van der Waals surface area contributed by atoms with Crippen molar-refractivity contribution in [3.63, 3.8) is 0 Å². The number of H-pyrrole nitrogens is 2. The van der Waals surface area contributed by atoms with Crippen LogP contribution in [-0.2, 0) is 13.0 Å². The first-order valence-corrected chi connectivity index (χ1v) is 6.23. The fourth-order valence-corrected chi connectivity index (χ4v) is 1.94. The molecular weight excluding hydrogens is 242 g/mol. The molecule has 1 atom stereocenters. The molecule has 0 bridgehead atoms. The number of rotatable bonds is 5. The van der Waals surface area contributed by atoms with E-state index in [0.717, 1.165) is 6.42 Å². The Hall–Kier alpha value is -2.14. The number of hydrogen-bond donors (Lipinski definition) is 3. The number of benzene rings is 1. The Labute approximate surface area is 110 Å². The maximum absolute atomic E-state index is 11.1. The first-order chi connectivity index (χ1) is 9.13. The van der Waals surface area contributed by atoms with Crippen molar-refractivity contribution in [3.8, 4) is 0 Å². The second kappa shape index (κ2) is 6.15. The molecule has 0 aliphatic heterocycles. The van der Waals surface area contributed by atoms with E-state index in [1.54, 1.807) is 0 Å². The van der Waals surface area contributed by atoms with Gasteiger partial charge in [-0.25, -0.2) is 4.79 Å². The Morgan fingerprint density at radius 3 is 2.58 bits per heavy atom. The summed E-state index contributed by atoms with van der Waals surface area (Å²) in [5.41, 5.74) is 0.992. The van der Waals surface area contributed by atoms with Gasteiger partial charge in [0.15, 0.2) is 0 Å². The lowest BCUT2D eigenvalue weighted by Gasteiger charge is -2.13. The van der Waals surface area contributed by atoms with Crippen molar-refractivity contribution in [1.29, 1.82) is 0 Å². The number of aromatic amines is 2. The third-order valence-electron chi connectivity index (χ3n) is 2.84. The molecule has 1 aromatic carbocycles. The smallest absolute Gasteiger partial charge is 0.310 e. The first kappa shape index (κ1) is 13.3. The lowest BCUT2D eigenvalue weighted by Crippen LogP contribution is -2.31. The third kappa shape index (κ3) is 4.22. The zero-order valence-corrected chi connectivity index (χ0v) is 10.8. The van der Waals surface area contributed by atoms with E-state index in [2.05, 4.69) is 34.3 Å². The number of nitrogens with one attached hydrogen (secondary N) is 3. The molecule has 3 N–H and O–H groups in total. The first-order valence-electron chi connectivity index (χ1n) is 6.23. The predicted molar refractivity (Wildman–Crippen MR) is 74.1 cm³/mol. The zero-order chi connectivity index (χ0) is 13.7. The highest BCUT2D eigenvalue weighted by Gasteiger charge is 2.04. The summed E-state index contributed by atoms with van der Waals surface area (Å²) in [6.45, 7) is 2.53. The highest BCUT2D eigenvalue weighted by Crippen LogP contribution is 2.03. The monoisotopic (exact) mass is 259 g/mol. The standard InChI is InChI=1S/C14H17N3O2/c1-10(7-11-5-3-2-4-6-11)15-9-12-8-13(18)17-14(19)16-12/h2-6,8,10,15H,7,9H2,1H3,(H2,16,17,18,19)/t10-/m0/s1. The Balaban J connectivity index is 1.91. The normalized spacial score (nSPS) is 12.3. The van der Waals surface area contributed by atoms with Crippen LogP contribution in [-0.4, -0.2) is 16.0 Å². The molecule has 0 spiro atoms. The van der Waals surface area contributed by atoms with Crippen LogP contribution < -0.4 is 16.6 Å². The average Bonchev–Trinajstić information content (AvgIpc) is 2.36. The van der Waals surface area contributed by atoms with Gasteiger partial charge in [0, 0.05) is 24.3 Å². The van der Waals surface area contributed by atoms with Crippen LogP contribution >= 0.6 is 0 Å². The lowest BCUT2D eigenvalue weighted by molar-refractivity contribution is 0.538. The summed E-state index contributed by atoms with van der Waals surface area (Å²) < 4.78 is 0. The van der Waals surface area contributed by atoms with Crippen LogP contribution in [0.15, 0.2) is 46.0 Å². The third-order valence-corrected chi connectivity index (χ3v) is 2.84. The Morgan fingerprint density at radius 2 is 1.89 bits per heavy atom. The van der Waals surface area contributed by atoms with Crippen molar-refractivity contribution in [1.82, 2.24) is 15.3 Å². The molecule has 5 nitrogen and oxygen atoms in total. The second-order valence-corrected chi connectivity index (χ2v) is 4.58. The maximum atomic E-state index is 11.1. The van der Waals surface area contributed by atoms with E-state index in [1.807, 2.05) is 18.2 Å². The molecule has 0 aliphatic rings. The summed E-state index contributed by atoms with van der Waals surface area (Å²) in [5.74, 6) is 0. The molecule has 0 aliphatic carbocycles. The van der Waals surface area contributed by atoms with Crippen molar-refractivity contribution in [3.05, 3.63) is 68.5 Å². The van der Waals surface area contributed by atoms with Crippen LogP contribution in [0.1, 0.15) is 18.2 Å². The number of hydrogen-bond acceptors (Lipinski definition) is 3. The van der Waals surface area contributed by atoms with E-state index in [-0.39, 0.29) is 11.6 Å². The molecular formula is C14H17N3O2. The molecule has 0 saturated heterocycles. The van der Waals surface area contributed by atoms with E-state index >= 15 is 0 Å². The molecule has 0 fully saturated rings. The molecule has 0 radical (unpaired) electrons. The zero-order valence-electron chi connectivity index (χ0n) is 10.8.